The molecule has 1 aliphatic rings. The van der Waals surface area contributed by atoms with Gasteiger partial charge < -0.3 is 4.90 Å². The summed E-state index contributed by atoms with van der Waals surface area (Å²) in [6.45, 7) is 0. The van der Waals surface area contributed by atoms with Crippen molar-refractivity contribution >= 4 is 75.7 Å². The van der Waals surface area contributed by atoms with E-state index in [1.165, 1.54) is 64.2 Å². The van der Waals surface area contributed by atoms with Crippen LogP contribution in [0.5, 0.6) is 0 Å². The van der Waals surface area contributed by atoms with Gasteiger partial charge in [0.1, 0.15) is 0 Å². The second kappa shape index (κ2) is 9.51. The quantitative estimate of drug-likeness (QED) is 0.219. The fraction of sp³-hybridized carbons (Fsp3) is 0.0526. The van der Waals surface area contributed by atoms with Crippen LogP contribution in [0.25, 0.3) is 47.3 Å². The lowest BCUT2D eigenvalue weighted by molar-refractivity contribution is 1.04. The third kappa shape index (κ3) is 3.68. The number of hydrogen-bond donors (Lipinski definition) is 0. The number of hydrogen-bond acceptors (Lipinski definition) is 2. The first-order chi connectivity index (χ1) is 19.9. The molecule has 8 rings (SSSR count). The van der Waals surface area contributed by atoms with Crippen molar-refractivity contribution in [1.82, 2.24) is 0 Å². The van der Waals surface area contributed by atoms with Crippen molar-refractivity contribution in [1.29, 1.82) is 0 Å². The molecule has 40 heavy (non-hydrogen) atoms. The molecule has 0 fully saturated rings. The van der Waals surface area contributed by atoms with E-state index in [0.717, 1.165) is 18.5 Å². The van der Waals surface area contributed by atoms with Gasteiger partial charge in [-0.25, -0.2) is 0 Å². The molecule has 0 spiro atoms. The van der Waals surface area contributed by atoms with Gasteiger partial charge in [-0.15, -0.1) is 11.3 Å². The van der Waals surface area contributed by atoms with E-state index in [2.05, 4.69) is 144 Å². The van der Waals surface area contributed by atoms with Gasteiger partial charge in [0.2, 0.25) is 0 Å². The Balaban J connectivity index is 1.59. The fourth-order valence-electron chi connectivity index (χ4n) is 6.24. The zero-order valence-electron chi connectivity index (χ0n) is 22.0. The first kappa shape index (κ1) is 23.2. The van der Waals surface area contributed by atoms with Gasteiger partial charge in [0.15, 0.2) is 0 Å². The minimum atomic E-state index is 1.06. The maximum atomic E-state index is 2.50. The maximum Gasteiger partial charge on any atom is 0.0639 e. The summed E-state index contributed by atoms with van der Waals surface area (Å²) in [5.74, 6) is 0. The summed E-state index contributed by atoms with van der Waals surface area (Å²) in [7, 11) is 0. The molecule has 0 amide bonds. The van der Waals surface area contributed by atoms with Crippen LogP contribution in [0.2, 0.25) is 0 Å². The van der Waals surface area contributed by atoms with Crippen molar-refractivity contribution < 1.29 is 0 Å². The number of allylic oxidation sites excluding steroid dienone is 4. The Labute approximate surface area is 237 Å². The van der Waals surface area contributed by atoms with Crippen molar-refractivity contribution in [2.45, 2.75) is 12.8 Å². The highest BCUT2D eigenvalue weighted by Gasteiger charge is 2.26. The van der Waals surface area contributed by atoms with Crippen LogP contribution in [0.4, 0.5) is 17.1 Å². The van der Waals surface area contributed by atoms with Crippen LogP contribution in [-0.2, 0) is 0 Å². The third-order valence-corrected chi connectivity index (χ3v) is 9.23. The van der Waals surface area contributed by atoms with Crippen molar-refractivity contribution in [2.75, 3.05) is 4.90 Å². The molecule has 7 aromatic rings. The van der Waals surface area contributed by atoms with E-state index in [4.69, 9.17) is 0 Å². The largest absolute Gasteiger partial charge is 0.309 e. The Hall–Kier alpha value is -4.66. The van der Waals surface area contributed by atoms with Gasteiger partial charge in [-0.1, -0.05) is 109 Å². The van der Waals surface area contributed by atoms with E-state index in [-0.39, 0.29) is 0 Å². The third-order valence-electron chi connectivity index (χ3n) is 8.02. The maximum absolute atomic E-state index is 2.50. The molecular weight excluding hydrogens is 502 g/mol. The molecule has 0 saturated heterocycles. The highest BCUT2D eigenvalue weighted by Crippen LogP contribution is 2.52. The summed E-state index contributed by atoms with van der Waals surface area (Å²) in [5.41, 5.74) is 6.19. The normalized spacial score (nSPS) is 13.3. The highest BCUT2D eigenvalue weighted by atomic mass is 32.1. The van der Waals surface area contributed by atoms with Gasteiger partial charge in [-0.3, -0.25) is 0 Å². The number of nitrogens with zero attached hydrogens (tertiary/aromatic N) is 1. The molecule has 2 heteroatoms. The molecule has 0 saturated carbocycles. The molecule has 0 radical (unpaired) electrons. The lowest BCUT2D eigenvalue weighted by Gasteiger charge is -2.30. The average molecular weight is 530 g/mol. The second-order valence-electron chi connectivity index (χ2n) is 10.4. The number of para-hydroxylation sites is 1. The Kier molecular flexibility index (Phi) is 5.53. The first-order valence-electron chi connectivity index (χ1n) is 13.9. The molecule has 1 aromatic heterocycles. The Morgan fingerprint density at radius 2 is 1.30 bits per heavy atom. The molecular formula is C38H27NS. The van der Waals surface area contributed by atoms with Crippen LogP contribution in [0.15, 0.2) is 140 Å². The van der Waals surface area contributed by atoms with Crippen molar-refractivity contribution in [3.63, 3.8) is 0 Å². The lowest BCUT2D eigenvalue weighted by Crippen LogP contribution is -2.13. The van der Waals surface area contributed by atoms with Crippen LogP contribution in [-0.4, -0.2) is 0 Å². The van der Waals surface area contributed by atoms with E-state index in [1.54, 1.807) is 0 Å². The first-order valence-corrected chi connectivity index (χ1v) is 14.8. The van der Waals surface area contributed by atoms with Crippen LogP contribution in [0.3, 0.4) is 0 Å². The molecule has 0 aliphatic heterocycles. The van der Waals surface area contributed by atoms with Gasteiger partial charge in [0.05, 0.1) is 5.69 Å². The van der Waals surface area contributed by atoms with Crippen LogP contribution in [0, 0.1) is 0 Å². The monoisotopic (exact) mass is 529 g/mol. The van der Waals surface area contributed by atoms with E-state index in [0.29, 0.717) is 0 Å². The van der Waals surface area contributed by atoms with Gasteiger partial charge in [-0.05, 0) is 64.9 Å². The molecule has 0 unspecified atom stereocenters. The summed E-state index contributed by atoms with van der Waals surface area (Å²) in [4.78, 5) is 2.50. The van der Waals surface area contributed by atoms with Crippen molar-refractivity contribution in [2.24, 2.45) is 0 Å². The van der Waals surface area contributed by atoms with E-state index < -0.39 is 0 Å². The predicted molar refractivity (Wildman–Crippen MR) is 175 cm³/mol. The molecule has 0 N–H and O–H groups in total. The predicted octanol–water partition coefficient (Wildman–Crippen LogP) is 11.6. The van der Waals surface area contributed by atoms with E-state index in [9.17, 15) is 0 Å². The van der Waals surface area contributed by atoms with Gasteiger partial charge in [0, 0.05) is 42.5 Å². The van der Waals surface area contributed by atoms with Crippen LogP contribution in [0.1, 0.15) is 18.4 Å². The number of anilines is 3. The number of benzene rings is 6. The Morgan fingerprint density at radius 1 is 0.575 bits per heavy atom. The van der Waals surface area contributed by atoms with Gasteiger partial charge >= 0.3 is 0 Å². The van der Waals surface area contributed by atoms with Gasteiger partial charge in [-0.2, -0.15) is 0 Å². The summed E-state index contributed by atoms with van der Waals surface area (Å²) < 4.78 is 2.67. The summed E-state index contributed by atoms with van der Waals surface area (Å²) in [5, 5.41) is 7.76. The van der Waals surface area contributed by atoms with E-state index >= 15 is 0 Å². The van der Waals surface area contributed by atoms with Crippen molar-refractivity contribution in [3.05, 3.63) is 145 Å². The SMILES string of the molecule is C1=CC(c2c(N(c3ccccc3)c3ccc4ccccc4c3)c3c4ccccc4sc3c3ccccc23)=CCC1. The van der Waals surface area contributed by atoms with E-state index in [1.807, 2.05) is 11.3 Å². The molecule has 1 aliphatic carbocycles. The average Bonchev–Trinajstić information content (AvgIpc) is 3.42. The molecule has 6 aromatic carbocycles. The van der Waals surface area contributed by atoms with Crippen LogP contribution >= 0.6 is 11.3 Å². The van der Waals surface area contributed by atoms with Crippen LogP contribution < -0.4 is 4.90 Å². The summed E-state index contributed by atoms with van der Waals surface area (Å²) in [6.07, 6.45) is 9.23. The minimum absolute atomic E-state index is 1.06. The standard InChI is InChI=1S/C38H27NS/c1-3-14-27(15-4-1)35-31-19-9-10-20-32(31)38-36(33-21-11-12-22-34(33)40-38)37(35)39(29-17-5-2-6-18-29)30-24-23-26-13-7-8-16-28(26)25-30/h2-3,5-25H,1,4H2. The topological polar surface area (TPSA) is 3.24 Å². The molecule has 1 nitrogen and oxygen atoms in total. The fourth-order valence-corrected chi connectivity index (χ4v) is 7.48. The minimum Gasteiger partial charge on any atom is -0.309 e. The molecule has 0 atom stereocenters. The number of rotatable bonds is 4. The number of thiophene rings is 1. The molecule has 1 heterocycles. The number of fused-ring (bicyclic) bond motifs is 6. The molecule has 190 valence electrons. The summed E-state index contributed by atoms with van der Waals surface area (Å²) in [6, 6.07) is 44.3. The zero-order chi connectivity index (χ0) is 26.5. The Bertz CT molecular complexity index is 2110. The van der Waals surface area contributed by atoms with Crippen molar-refractivity contribution in [3.8, 4) is 0 Å². The lowest BCUT2D eigenvalue weighted by atomic mass is 9.89. The summed E-state index contributed by atoms with van der Waals surface area (Å²) >= 11 is 1.91. The zero-order valence-corrected chi connectivity index (χ0v) is 22.9. The Morgan fingerprint density at radius 3 is 2.12 bits per heavy atom. The smallest absolute Gasteiger partial charge is 0.0639 e. The second-order valence-corrected chi connectivity index (χ2v) is 11.5. The molecule has 0 bridgehead atoms. The van der Waals surface area contributed by atoms with Gasteiger partial charge in [0.25, 0.3) is 0 Å². The highest BCUT2D eigenvalue weighted by molar-refractivity contribution is 7.26.